The first-order chi connectivity index (χ1) is 15.9. The molecule has 0 saturated carbocycles. The van der Waals surface area contributed by atoms with E-state index in [4.69, 9.17) is 4.74 Å². The zero-order valence-electron chi connectivity index (χ0n) is 17.1. The molecule has 1 aliphatic rings. The summed E-state index contributed by atoms with van der Waals surface area (Å²) in [6.45, 7) is 3.21. The highest BCUT2D eigenvalue weighted by Crippen LogP contribution is 2.42. The normalized spacial score (nSPS) is 13.7. The lowest BCUT2D eigenvalue weighted by Gasteiger charge is -2.11. The Balaban J connectivity index is 1.36. The quantitative estimate of drug-likeness (QED) is 0.521. The Morgan fingerprint density at radius 2 is 1.79 bits per heavy atom. The maximum Gasteiger partial charge on any atom is 0.586 e. The van der Waals surface area contributed by atoms with Gasteiger partial charge in [-0.2, -0.15) is 0 Å². The Labute approximate surface area is 188 Å². The number of carbonyl (C=O) groups is 2. The van der Waals surface area contributed by atoms with Crippen molar-refractivity contribution in [3.8, 4) is 23.0 Å². The minimum absolute atomic E-state index is 0.0393. The molecule has 0 spiro atoms. The summed E-state index contributed by atoms with van der Waals surface area (Å²) in [6.07, 6.45) is -7.75. The molecule has 14 heteroatoms. The Hall–Kier alpha value is -4.10. The molecule has 0 saturated heterocycles. The second-order valence-corrected chi connectivity index (χ2v) is 6.65. The van der Waals surface area contributed by atoms with Gasteiger partial charge in [0.15, 0.2) is 18.1 Å². The van der Waals surface area contributed by atoms with Gasteiger partial charge < -0.3 is 29.6 Å². The highest BCUT2D eigenvalue weighted by molar-refractivity contribution is 5.92. The maximum absolute atomic E-state index is 13.0. The predicted octanol–water partition coefficient (Wildman–Crippen LogP) is 3.13. The van der Waals surface area contributed by atoms with Crippen LogP contribution in [-0.4, -0.2) is 42.6 Å². The highest BCUT2D eigenvalue weighted by Gasteiger charge is 2.43. The van der Waals surface area contributed by atoms with Gasteiger partial charge in [-0.1, -0.05) is 6.58 Å². The summed E-state index contributed by atoms with van der Waals surface area (Å²) in [7, 11) is 0. The van der Waals surface area contributed by atoms with Gasteiger partial charge in [0.05, 0.1) is 6.20 Å². The lowest BCUT2D eigenvalue weighted by atomic mass is 10.3. The lowest BCUT2D eigenvalue weighted by molar-refractivity contribution is -0.286. The number of hydrogen-bond donors (Lipinski definition) is 2. The third kappa shape index (κ3) is 7.21. The van der Waals surface area contributed by atoms with Crippen LogP contribution in [0.1, 0.15) is 16.9 Å². The molecule has 0 unspecified atom stereocenters. The average Bonchev–Trinajstić information content (AvgIpc) is 3.04. The third-order valence-electron chi connectivity index (χ3n) is 3.97. The van der Waals surface area contributed by atoms with Gasteiger partial charge in [-0.25, -0.2) is 4.98 Å². The molecule has 3 rings (SSSR count). The fourth-order valence-electron chi connectivity index (χ4n) is 2.59. The third-order valence-corrected chi connectivity index (χ3v) is 3.97. The fourth-order valence-corrected chi connectivity index (χ4v) is 2.59. The molecular formula is C20H16F5N3O6. The second kappa shape index (κ2) is 9.80. The molecule has 0 fully saturated rings. The summed E-state index contributed by atoms with van der Waals surface area (Å²) < 4.78 is 79.8. The molecule has 34 heavy (non-hydrogen) atoms. The first-order valence-electron chi connectivity index (χ1n) is 9.40. The van der Waals surface area contributed by atoms with Crippen molar-refractivity contribution in [1.82, 2.24) is 15.6 Å². The maximum atomic E-state index is 13.0. The van der Waals surface area contributed by atoms with Crippen LogP contribution in [0, 0.1) is 0 Å². The first kappa shape index (κ1) is 24.5. The van der Waals surface area contributed by atoms with E-state index in [2.05, 4.69) is 36.4 Å². The summed E-state index contributed by atoms with van der Waals surface area (Å²) in [5.41, 5.74) is 0.0974. The number of fused-ring (bicyclic) bond motifs is 1. The van der Waals surface area contributed by atoms with Crippen molar-refractivity contribution >= 4 is 11.8 Å². The van der Waals surface area contributed by atoms with Gasteiger partial charge in [0, 0.05) is 24.7 Å². The number of hydrogen-bond acceptors (Lipinski definition) is 7. The van der Waals surface area contributed by atoms with E-state index in [1.807, 2.05) is 0 Å². The van der Waals surface area contributed by atoms with Gasteiger partial charge in [-0.3, -0.25) is 9.59 Å². The summed E-state index contributed by atoms with van der Waals surface area (Å²) >= 11 is 0. The van der Waals surface area contributed by atoms with E-state index in [1.165, 1.54) is 12.1 Å². The SMILES string of the molecule is C=C(CCNC(=O)c1ccc(OC(F)(F)F)cn1)NC(=O)COc1ccc2c(c1)OC(F)(F)O2. The number of benzene rings is 1. The Morgan fingerprint density at radius 3 is 2.47 bits per heavy atom. The van der Waals surface area contributed by atoms with Gasteiger partial charge in [0.1, 0.15) is 17.2 Å². The van der Waals surface area contributed by atoms with Crippen LogP contribution >= 0.6 is 0 Å². The minimum Gasteiger partial charge on any atom is -0.484 e. The summed E-state index contributed by atoms with van der Waals surface area (Å²) in [6, 6.07) is 5.67. The van der Waals surface area contributed by atoms with Crippen LogP contribution < -0.4 is 29.6 Å². The van der Waals surface area contributed by atoms with Crippen molar-refractivity contribution in [1.29, 1.82) is 0 Å². The van der Waals surface area contributed by atoms with Crippen LogP contribution in [0.3, 0.4) is 0 Å². The molecule has 1 aromatic heterocycles. The summed E-state index contributed by atoms with van der Waals surface area (Å²) in [4.78, 5) is 27.5. The number of carbonyl (C=O) groups excluding carboxylic acids is 2. The van der Waals surface area contributed by atoms with E-state index >= 15 is 0 Å². The van der Waals surface area contributed by atoms with E-state index in [0.717, 1.165) is 24.4 Å². The molecule has 182 valence electrons. The molecule has 0 radical (unpaired) electrons. The molecule has 2 amide bonds. The Bertz CT molecular complexity index is 1080. The number of pyridine rings is 1. The molecule has 2 aromatic rings. The molecular weight excluding hydrogens is 473 g/mol. The molecule has 0 aliphatic carbocycles. The number of aromatic nitrogens is 1. The fraction of sp³-hybridized carbons (Fsp3) is 0.250. The van der Waals surface area contributed by atoms with E-state index < -0.39 is 36.8 Å². The zero-order valence-corrected chi connectivity index (χ0v) is 17.1. The van der Waals surface area contributed by atoms with Gasteiger partial charge in [-0.15, -0.1) is 22.0 Å². The molecule has 0 atom stereocenters. The van der Waals surface area contributed by atoms with Crippen molar-refractivity contribution in [2.45, 2.75) is 19.1 Å². The van der Waals surface area contributed by atoms with Crippen LogP contribution in [0.5, 0.6) is 23.0 Å². The topological polar surface area (TPSA) is 108 Å². The average molecular weight is 489 g/mol. The van der Waals surface area contributed by atoms with E-state index in [9.17, 15) is 31.5 Å². The number of alkyl halides is 5. The van der Waals surface area contributed by atoms with Crippen LogP contribution in [0.15, 0.2) is 48.8 Å². The predicted molar refractivity (Wildman–Crippen MR) is 103 cm³/mol. The van der Waals surface area contributed by atoms with Gasteiger partial charge >= 0.3 is 12.7 Å². The van der Waals surface area contributed by atoms with E-state index in [-0.39, 0.29) is 41.6 Å². The first-order valence-corrected chi connectivity index (χ1v) is 9.40. The standard InChI is InChI=1S/C20H16F5N3O6/c1-11(6-7-26-18(30)14-4-2-13(9-27-14)32-19(21,22)23)28-17(29)10-31-12-3-5-15-16(8-12)34-20(24,25)33-15/h2-5,8-9H,1,6-7,10H2,(H,26,30)(H,28,29). The minimum atomic E-state index is -4.87. The number of rotatable bonds is 9. The van der Waals surface area contributed by atoms with Crippen LogP contribution in [0.4, 0.5) is 22.0 Å². The smallest absolute Gasteiger partial charge is 0.484 e. The molecule has 0 bridgehead atoms. The lowest BCUT2D eigenvalue weighted by Crippen LogP contribution is -2.31. The van der Waals surface area contributed by atoms with Crippen LogP contribution in [0.25, 0.3) is 0 Å². The summed E-state index contributed by atoms with van der Waals surface area (Å²) in [5, 5.41) is 4.90. The monoisotopic (exact) mass is 489 g/mol. The van der Waals surface area contributed by atoms with Gasteiger partial charge in [0.2, 0.25) is 0 Å². The number of ether oxygens (including phenoxy) is 4. The highest BCUT2D eigenvalue weighted by atomic mass is 19.4. The van der Waals surface area contributed by atoms with Crippen molar-refractivity contribution in [3.05, 3.63) is 54.5 Å². The van der Waals surface area contributed by atoms with Crippen LogP contribution in [-0.2, 0) is 4.79 Å². The Morgan fingerprint density at radius 1 is 1.09 bits per heavy atom. The molecule has 1 aromatic carbocycles. The van der Waals surface area contributed by atoms with Crippen molar-refractivity contribution in [2.75, 3.05) is 13.2 Å². The van der Waals surface area contributed by atoms with Gasteiger partial charge in [0.25, 0.3) is 11.8 Å². The van der Waals surface area contributed by atoms with E-state index in [0.29, 0.717) is 0 Å². The number of amides is 2. The van der Waals surface area contributed by atoms with E-state index in [1.54, 1.807) is 0 Å². The number of halogens is 5. The van der Waals surface area contributed by atoms with Crippen molar-refractivity contribution in [3.63, 3.8) is 0 Å². The summed E-state index contributed by atoms with van der Waals surface area (Å²) in [5.74, 6) is -2.14. The van der Waals surface area contributed by atoms with Crippen LogP contribution in [0.2, 0.25) is 0 Å². The molecule has 2 heterocycles. The number of nitrogens with one attached hydrogen (secondary N) is 2. The molecule has 2 N–H and O–H groups in total. The largest absolute Gasteiger partial charge is 0.586 e. The Kier molecular flexibility index (Phi) is 7.08. The van der Waals surface area contributed by atoms with Gasteiger partial charge in [-0.05, 0) is 24.3 Å². The zero-order chi connectivity index (χ0) is 24.9. The molecule has 1 aliphatic heterocycles. The molecule has 9 nitrogen and oxygen atoms in total. The van der Waals surface area contributed by atoms with Crippen molar-refractivity contribution < 1.29 is 50.5 Å². The second-order valence-electron chi connectivity index (χ2n) is 6.65. The van der Waals surface area contributed by atoms with Crippen molar-refractivity contribution in [2.24, 2.45) is 0 Å². The number of nitrogens with zero attached hydrogens (tertiary/aromatic N) is 1.